The van der Waals surface area contributed by atoms with E-state index in [4.69, 9.17) is 0 Å². The van der Waals surface area contributed by atoms with Crippen molar-refractivity contribution in [3.8, 4) is 5.88 Å². The molecule has 0 radical (unpaired) electrons. The number of benzene rings is 1. The Labute approximate surface area is 170 Å². The summed E-state index contributed by atoms with van der Waals surface area (Å²) >= 11 is 1.56. The van der Waals surface area contributed by atoms with Gasteiger partial charge in [0.1, 0.15) is 0 Å². The lowest BCUT2D eigenvalue weighted by Crippen LogP contribution is -2.47. The number of piperazine rings is 1. The molecule has 3 aromatic rings. The van der Waals surface area contributed by atoms with Crippen molar-refractivity contribution in [2.24, 2.45) is 0 Å². The van der Waals surface area contributed by atoms with Gasteiger partial charge in [0.15, 0.2) is 5.82 Å². The minimum Gasteiger partial charge on any atom is -0.492 e. The van der Waals surface area contributed by atoms with Crippen LogP contribution in [0.3, 0.4) is 0 Å². The van der Waals surface area contributed by atoms with E-state index in [1.165, 1.54) is 11.1 Å². The summed E-state index contributed by atoms with van der Waals surface area (Å²) in [5, 5.41) is 15.5. The van der Waals surface area contributed by atoms with Crippen LogP contribution in [-0.4, -0.2) is 62.2 Å². The fraction of sp³-hybridized carbons (Fsp3) is 0.524. The number of thiazole rings is 1. The number of likely N-dealkylation sites (N-methyl/N-ethyl adjacent to an activating group) is 1. The zero-order valence-electron chi connectivity index (χ0n) is 16.9. The van der Waals surface area contributed by atoms with Crippen LogP contribution >= 0.6 is 11.3 Å². The molecule has 0 spiro atoms. The van der Waals surface area contributed by atoms with Crippen LogP contribution in [0.25, 0.3) is 4.96 Å². The van der Waals surface area contributed by atoms with Crippen LogP contribution in [0.5, 0.6) is 5.88 Å². The van der Waals surface area contributed by atoms with E-state index >= 15 is 0 Å². The Morgan fingerprint density at radius 1 is 1.04 bits per heavy atom. The van der Waals surface area contributed by atoms with Crippen molar-refractivity contribution >= 4 is 16.3 Å². The van der Waals surface area contributed by atoms with Crippen LogP contribution in [0.2, 0.25) is 0 Å². The topological polar surface area (TPSA) is 56.9 Å². The van der Waals surface area contributed by atoms with Crippen molar-refractivity contribution in [3.05, 3.63) is 46.1 Å². The smallest absolute Gasteiger partial charge is 0.230 e. The molecule has 1 aromatic carbocycles. The number of hydrogen-bond donors (Lipinski definition) is 1. The van der Waals surface area contributed by atoms with Gasteiger partial charge in [-0.15, -0.1) is 5.10 Å². The van der Waals surface area contributed by atoms with Crippen LogP contribution in [0.1, 0.15) is 48.6 Å². The molecule has 7 heteroatoms. The van der Waals surface area contributed by atoms with Gasteiger partial charge in [-0.2, -0.15) is 4.52 Å². The summed E-state index contributed by atoms with van der Waals surface area (Å²) < 4.78 is 1.61. The summed E-state index contributed by atoms with van der Waals surface area (Å²) in [5.74, 6) is 1.00. The number of aryl methyl sites for hydroxylation is 2. The first kappa shape index (κ1) is 19.4. The highest BCUT2D eigenvalue weighted by Gasteiger charge is 2.31. The third-order valence-electron chi connectivity index (χ3n) is 5.73. The van der Waals surface area contributed by atoms with Crippen LogP contribution in [0.15, 0.2) is 24.3 Å². The molecule has 2 aromatic heterocycles. The molecule has 1 N–H and O–H groups in total. The monoisotopic (exact) mass is 399 g/mol. The minimum atomic E-state index is 0.0310. The van der Waals surface area contributed by atoms with E-state index in [1.54, 1.807) is 15.9 Å². The second kappa shape index (κ2) is 8.19. The molecule has 6 nitrogen and oxygen atoms in total. The third-order valence-corrected chi connectivity index (χ3v) is 6.80. The molecule has 150 valence electrons. The van der Waals surface area contributed by atoms with Crippen LogP contribution in [0.4, 0.5) is 0 Å². The Balaban J connectivity index is 1.74. The van der Waals surface area contributed by atoms with Gasteiger partial charge in [-0.1, -0.05) is 56.4 Å². The fourth-order valence-electron chi connectivity index (χ4n) is 3.92. The van der Waals surface area contributed by atoms with Crippen molar-refractivity contribution in [1.29, 1.82) is 0 Å². The lowest BCUT2D eigenvalue weighted by molar-refractivity contribution is 0.113. The number of hydrogen-bond acceptors (Lipinski definition) is 6. The Morgan fingerprint density at radius 3 is 2.32 bits per heavy atom. The van der Waals surface area contributed by atoms with E-state index < -0.39 is 0 Å². The molecule has 0 saturated carbocycles. The van der Waals surface area contributed by atoms with E-state index in [0.717, 1.165) is 61.2 Å². The molecule has 3 heterocycles. The van der Waals surface area contributed by atoms with Crippen LogP contribution in [0, 0.1) is 0 Å². The number of aromatic nitrogens is 3. The summed E-state index contributed by atoms with van der Waals surface area (Å²) in [6.45, 7) is 11.6. The van der Waals surface area contributed by atoms with Gasteiger partial charge in [0.2, 0.25) is 10.8 Å². The van der Waals surface area contributed by atoms with Crippen molar-refractivity contribution in [2.45, 2.75) is 39.7 Å². The highest BCUT2D eigenvalue weighted by molar-refractivity contribution is 7.17. The summed E-state index contributed by atoms with van der Waals surface area (Å²) in [6, 6.07) is 8.86. The zero-order valence-corrected chi connectivity index (χ0v) is 17.7. The molecule has 1 aliphatic rings. The van der Waals surface area contributed by atoms with E-state index in [1.807, 2.05) is 6.92 Å². The molecule has 1 atom stereocenters. The molecule has 0 amide bonds. The largest absolute Gasteiger partial charge is 0.492 e. The number of fused-ring (bicyclic) bond motifs is 1. The van der Waals surface area contributed by atoms with E-state index in [2.05, 4.69) is 58.0 Å². The first-order valence-corrected chi connectivity index (χ1v) is 11.1. The predicted octanol–water partition coefficient (Wildman–Crippen LogP) is 3.35. The molecule has 1 aliphatic heterocycles. The van der Waals surface area contributed by atoms with Gasteiger partial charge < -0.3 is 10.0 Å². The third kappa shape index (κ3) is 3.54. The standard InChI is InChI=1S/C21H29N5OS/c1-4-15-7-9-16(10-8-15)18(25-13-11-24(6-3)12-14-25)19-20(27)26-21(28-19)22-17(5-2)23-26/h7-10,18,27H,4-6,11-14H2,1-3H3/t18-/m0/s1. The van der Waals surface area contributed by atoms with Crippen LogP contribution in [-0.2, 0) is 12.8 Å². The fourth-order valence-corrected chi connectivity index (χ4v) is 5.06. The van der Waals surface area contributed by atoms with Gasteiger partial charge in [0.05, 0.1) is 10.9 Å². The lowest BCUT2D eigenvalue weighted by Gasteiger charge is -2.38. The molecule has 0 unspecified atom stereocenters. The molecular formula is C21H29N5OS. The normalized spacial score (nSPS) is 17.4. The highest BCUT2D eigenvalue weighted by Crippen LogP contribution is 2.40. The molecule has 28 heavy (non-hydrogen) atoms. The van der Waals surface area contributed by atoms with Gasteiger partial charge in [0, 0.05) is 32.6 Å². The summed E-state index contributed by atoms with van der Waals surface area (Å²) in [6.07, 6.45) is 1.80. The Bertz CT molecular complexity index is 924. The first-order chi connectivity index (χ1) is 13.6. The van der Waals surface area contributed by atoms with Crippen molar-refractivity contribution in [1.82, 2.24) is 24.4 Å². The van der Waals surface area contributed by atoms with Crippen molar-refractivity contribution in [3.63, 3.8) is 0 Å². The summed E-state index contributed by atoms with van der Waals surface area (Å²) in [5.41, 5.74) is 2.55. The maximum Gasteiger partial charge on any atom is 0.230 e. The average Bonchev–Trinajstić information content (AvgIpc) is 3.28. The van der Waals surface area contributed by atoms with Crippen molar-refractivity contribution < 1.29 is 5.11 Å². The van der Waals surface area contributed by atoms with E-state index in [9.17, 15) is 5.11 Å². The Hall–Kier alpha value is -1.96. The maximum atomic E-state index is 11.0. The Morgan fingerprint density at radius 2 is 1.75 bits per heavy atom. The molecule has 0 aliphatic carbocycles. The van der Waals surface area contributed by atoms with E-state index in [0.29, 0.717) is 0 Å². The van der Waals surface area contributed by atoms with Gasteiger partial charge in [0.25, 0.3) is 0 Å². The number of rotatable bonds is 6. The molecule has 1 fully saturated rings. The van der Waals surface area contributed by atoms with Gasteiger partial charge in [-0.05, 0) is 24.1 Å². The van der Waals surface area contributed by atoms with Gasteiger partial charge in [-0.25, -0.2) is 4.98 Å². The number of aromatic hydroxyl groups is 1. The predicted molar refractivity (Wildman–Crippen MR) is 113 cm³/mol. The molecule has 4 rings (SSSR count). The lowest BCUT2D eigenvalue weighted by atomic mass is 10.0. The van der Waals surface area contributed by atoms with Gasteiger partial charge in [-0.3, -0.25) is 4.90 Å². The average molecular weight is 400 g/mol. The van der Waals surface area contributed by atoms with Crippen molar-refractivity contribution in [2.75, 3.05) is 32.7 Å². The second-order valence-electron chi connectivity index (χ2n) is 7.33. The van der Waals surface area contributed by atoms with Crippen LogP contribution < -0.4 is 0 Å². The second-order valence-corrected chi connectivity index (χ2v) is 8.34. The molecular weight excluding hydrogens is 370 g/mol. The number of nitrogens with zero attached hydrogens (tertiary/aromatic N) is 5. The van der Waals surface area contributed by atoms with Gasteiger partial charge >= 0.3 is 0 Å². The maximum absolute atomic E-state index is 11.0. The van der Waals surface area contributed by atoms with E-state index in [-0.39, 0.29) is 11.9 Å². The summed E-state index contributed by atoms with van der Waals surface area (Å²) in [4.78, 5) is 11.2. The minimum absolute atomic E-state index is 0.0310. The quantitative estimate of drug-likeness (QED) is 0.689. The molecule has 0 bridgehead atoms. The summed E-state index contributed by atoms with van der Waals surface area (Å²) in [7, 11) is 0. The highest BCUT2D eigenvalue weighted by atomic mass is 32.1. The Kier molecular flexibility index (Phi) is 5.66. The zero-order chi connectivity index (χ0) is 19.7. The molecule has 1 saturated heterocycles. The SMILES string of the molecule is CCc1ccc([C@@H](c2sc3nc(CC)nn3c2O)N2CCN(CC)CC2)cc1. The first-order valence-electron chi connectivity index (χ1n) is 10.3.